The van der Waals surface area contributed by atoms with Gasteiger partial charge in [-0.25, -0.2) is 4.79 Å². The zero-order valence-corrected chi connectivity index (χ0v) is 13.6. The maximum atomic E-state index is 12.1. The molecule has 0 aromatic rings. The Morgan fingerprint density at radius 1 is 1.29 bits per heavy atom. The SMILES string of the molecule is CCOC(=O)CNC1CCCCN(C(=O)OC(C)(C)C)C1. The number of amides is 1. The van der Waals surface area contributed by atoms with Crippen LogP contribution in [0.15, 0.2) is 0 Å². The molecule has 1 N–H and O–H groups in total. The summed E-state index contributed by atoms with van der Waals surface area (Å²) in [6.45, 7) is 9.20. The van der Waals surface area contributed by atoms with Crippen molar-refractivity contribution in [3.63, 3.8) is 0 Å². The van der Waals surface area contributed by atoms with Gasteiger partial charge < -0.3 is 19.7 Å². The average molecular weight is 300 g/mol. The fourth-order valence-electron chi connectivity index (χ4n) is 2.24. The van der Waals surface area contributed by atoms with Crippen LogP contribution in [0.1, 0.15) is 47.0 Å². The lowest BCUT2D eigenvalue weighted by atomic mass is 10.1. The van der Waals surface area contributed by atoms with Gasteiger partial charge in [-0.3, -0.25) is 4.79 Å². The molecule has 1 heterocycles. The molecule has 122 valence electrons. The van der Waals surface area contributed by atoms with Gasteiger partial charge in [-0.2, -0.15) is 0 Å². The Balaban J connectivity index is 2.48. The van der Waals surface area contributed by atoms with Crippen molar-refractivity contribution in [1.82, 2.24) is 10.2 Å². The van der Waals surface area contributed by atoms with Crippen molar-refractivity contribution in [2.45, 2.75) is 58.6 Å². The van der Waals surface area contributed by atoms with Gasteiger partial charge in [0.25, 0.3) is 0 Å². The number of carbonyl (C=O) groups excluding carboxylic acids is 2. The standard InChI is InChI=1S/C15H28N2O4/c1-5-20-13(18)10-16-12-8-6-7-9-17(11-12)14(19)21-15(2,3)4/h12,16H,5-11H2,1-4H3. The van der Waals surface area contributed by atoms with Crippen molar-refractivity contribution in [3.8, 4) is 0 Å². The van der Waals surface area contributed by atoms with Crippen molar-refractivity contribution < 1.29 is 19.1 Å². The summed E-state index contributed by atoms with van der Waals surface area (Å²) in [5.74, 6) is -0.259. The van der Waals surface area contributed by atoms with Gasteiger partial charge in [0.05, 0.1) is 13.2 Å². The van der Waals surface area contributed by atoms with Gasteiger partial charge in [0, 0.05) is 19.1 Å². The summed E-state index contributed by atoms with van der Waals surface area (Å²) < 4.78 is 10.3. The van der Waals surface area contributed by atoms with E-state index in [9.17, 15) is 9.59 Å². The minimum absolute atomic E-state index is 0.101. The topological polar surface area (TPSA) is 67.9 Å². The molecule has 1 aliphatic heterocycles. The highest BCUT2D eigenvalue weighted by atomic mass is 16.6. The molecule has 0 aliphatic carbocycles. The maximum absolute atomic E-state index is 12.1. The third-order valence-electron chi connectivity index (χ3n) is 3.16. The normalized spacial score (nSPS) is 19.8. The van der Waals surface area contributed by atoms with Crippen molar-refractivity contribution in [3.05, 3.63) is 0 Å². The molecule has 6 nitrogen and oxygen atoms in total. The predicted molar refractivity (Wildman–Crippen MR) is 80.1 cm³/mol. The molecule has 0 spiro atoms. The molecule has 21 heavy (non-hydrogen) atoms. The molecule has 0 aromatic heterocycles. The monoisotopic (exact) mass is 300 g/mol. The van der Waals surface area contributed by atoms with Crippen LogP contribution in [-0.4, -0.2) is 54.8 Å². The Morgan fingerprint density at radius 3 is 2.62 bits per heavy atom. The lowest BCUT2D eigenvalue weighted by Gasteiger charge is -2.28. The third kappa shape index (κ3) is 7.32. The molecular formula is C15H28N2O4. The largest absolute Gasteiger partial charge is 0.465 e. The molecule has 1 atom stereocenters. The molecule has 0 saturated carbocycles. The number of nitrogens with one attached hydrogen (secondary N) is 1. The molecular weight excluding hydrogens is 272 g/mol. The molecule has 1 rings (SSSR count). The minimum Gasteiger partial charge on any atom is -0.465 e. The summed E-state index contributed by atoms with van der Waals surface area (Å²) in [4.78, 5) is 25.2. The summed E-state index contributed by atoms with van der Waals surface area (Å²) in [6, 6.07) is 0.101. The lowest BCUT2D eigenvalue weighted by Crippen LogP contribution is -2.45. The van der Waals surface area contributed by atoms with Crippen LogP contribution in [0.2, 0.25) is 0 Å². The first kappa shape index (κ1) is 17.8. The van der Waals surface area contributed by atoms with Crippen LogP contribution in [0, 0.1) is 0 Å². The van der Waals surface area contributed by atoms with Crippen LogP contribution in [0.25, 0.3) is 0 Å². The Bertz CT molecular complexity index is 352. The van der Waals surface area contributed by atoms with Crippen molar-refractivity contribution >= 4 is 12.1 Å². The zero-order chi connectivity index (χ0) is 15.9. The second kappa shape index (κ2) is 8.22. The number of nitrogens with zero attached hydrogens (tertiary/aromatic N) is 1. The van der Waals surface area contributed by atoms with Crippen molar-refractivity contribution in [2.75, 3.05) is 26.2 Å². The van der Waals surface area contributed by atoms with E-state index in [1.807, 2.05) is 20.8 Å². The van der Waals surface area contributed by atoms with E-state index in [1.54, 1.807) is 11.8 Å². The molecule has 1 unspecified atom stereocenters. The molecule has 1 amide bonds. The zero-order valence-electron chi connectivity index (χ0n) is 13.6. The van der Waals surface area contributed by atoms with Crippen LogP contribution >= 0.6 is 0 Å². The Morgan fingerprint density at radius 2 is 2.00 bits per heavy atom. The molecule has 0 aromatic carbocycles. The molecule has 1 aliphatic rings. The van der Waals surface area contributed by atoms with Gasteiger partial charge in [-0.15, -0.1) is 0 Å². The van der Waals surface area contributed by atoms with Gasteiger partial charge in [0.15, 0.2) is 0 Å². The van der Waals surface area contributed by atoms with Gasteiger partial charge in [-0.1, -0.05) is 6.42 Å². The van der Waals surface area contributed by atoms with E-state index in [1.165, 1.54) is 0 Å². The quantitative estimate of drug-likeness (QED) is 0.804. The molecule has 0 radical (unpaired) electrons. The molecule has 1 fully saturated rings. The summed E-state index contributed by atoms with van der Waals surface area (Å²) in [6.07, 6.45) is 2.64. The summed E-state index contributed by atoms with van der Waals surface area (Å²) in [7, 11) is 0. The van der Waals surface area contributed by atoms with E-state index in [-0.39, 0.29) is 24.6 Å². The highest BCUT2D eigenvalue weighted by Gasteiger charge is 2.26. The van der Waals surface area contributed by atoms with Gasteiger partial charge in [-0.05, 0) is 40.5 Å². The number of hydrogen-bond acceptors (Lipinski definition) is 5. The van der Waals surface area contributed by atoms with Gasteiger partial charge >= 0.3 is 12.1 Å². The number of rotatable bonds is 4. The first-order chi connectivity index (χ1) is 9.81. The third-order valence-corrected chi connectivity index (χ3v) is 3.16. The lowest BCUT2D eigenvalue weighted by molar-refractivity contribution is -0.142. The Kier molecular flexibility index (Phi) is 6.95. The second-order valence-electron chi connectivity index (χ2n) is 6.30. The fraction of sp³-hybridized carbons (Fsp3) is 0.867. The van der Waals surface area contributed by atoms with E-state index >= 15 is 0 Å². The van der Waals surface area contributed by atoms with Crippen LogP contribution in [-0.2, 0) is 14.3 Å². The number of likely N-dealkylation sites (tertiary alicyclic amines) is 1. The highest BCUT2D eigenvalue weighted by molar-refractivity contribution is 5.71. The van der Waals surface area contributed by atoms with E-state index in [0.717, 1.165) is 19.3 Å². The number of hydrogen-bond donors (Lipinski definition) is 1. The molecule has 0 bridgehead atoms. The fourth-order valence-corrected chi connectivity index (χ4v) is 2.24. The van der Waals surface area contributed by atoms with Gasteiger partial charge in [0.2, 0.25) is 0 Å². The van der Waals surface area contributed by atoms with Crippen LogP contribution < -0.4 is 5.32 Å². The second-order valence-corrected chi connectivity index (χ2v) is 6.30. The van der Waals surface area contributed by atoms with Crippen LogP contribution in [0.4, 0.5) is 4.79 Å². The Labute approximate surface area is 127 Å². The van der Waals surface area contributed by atoms with E-state index < -0.39 is 5.60 Å². The molecule has 6 heteroatoms. The Hall–Kier alpha value is -1.30. The van der Waals surface area contributed by atoms with Crippen molar-refractivity contribution in [1.29, 1.82) is 0 Å². The van der Waals surface area contributed by atoms with Crippen molar-refractivity contribution in [2.24, 2.45) is 0 Å². The minimum atomic E-state index is -0.489. The summed E-state index contributed by atoms with van der Waals surface area (Å²) >= 11 is 0. The van der Waals surface area contributed by atoms with Gasteiger partial charge in [0.1, 0.15) is 5.60 Å². The first-order valence-corrected chi connectivity index (χ1v) is 7.68. The number of esters is 1. The number of carbonyl (C=O) groups is 2. The van der Waals surface area contributed by atoms with Crippen LogP contribution in [0.5, 0.6) is 0 Å². The summed E-state index contributed by atoms with van der Waals surface area (Å²) in [5.41, 5.74) is -0.489. The first-order valence-electron chi connectivity index (χ1n) is 7.68. The van der Waals surface area contributed by atoms with E-state index in [0.29, 0.717) is 19.7 Å². The van der Waals surface area contributed by atoms with E-state index in [2.05, 4.69) is 5.32 Å². The highest BCUT2D eigenvalue weighted by Crippen LogP contribution is 2.15. The predicted octanol–water partition coefficient (Wildman–Crippen LogP) is 1.93. The van der Waals surface area contributed by atoms with Crippen LogP contribution in [0.3, 0.4) is 0 Å². The number of ether oxygens (including phenoxy) is 2. The summed E-state index contributed by atoms with van der Waals surface area (Å²) in [5, 5.41) is 3.17. The smallest absolute Gasteiger partial charge is 0.410 e. The maximum Gasteiger partial charge on any atom is 0.410 e. The average Bonchev–Trinajstić information content (AvgIpc) is 2.60. The molecule has 1 saturated heterocycles. The van der Waals surface area contributed by atoms with E-state index in [4.69, 9.17) is 9.47 Å².